The van der Waals surface area contributed by atoms with Crippen LogP contribution in [0.2, 0.25) is 0 Å². The van der Waals surface area contributed by atoms with E-state index in [2.05, 4.69) is 9.26 Å². The van der Waals surface area contributed by atoms with Gasteiger partial charge in [-0.2, -0.15) is 0 Å². The van der Waals surface area contributed by atoms with Gasteiger partial charge in [-0.05, 0) is 6.42 Å². The first-order valence-corrected chi connectivity index (χ1v) is 6.42. The normalized spacial score (nSPS) is 13.5. The molecular formula is C8H17O7P. The van der Waals surface area contributed by atoms with Crippen molar-refractivity contribution in [3.63, 3.8) is 0 Å². The Hall–Kier alpha value is -0.460. The minimum atomic E-state index is -4.59. The average Bonchev–Trinajstić information content (AvgIpc) is 2.19. The van der Waals surface area contributed by atoms with Crippen LogP contribution >= 0.6 is 7.82 Å². The van der Waals surface area contributed by atoms with Crippen molar-refractivity contribution < 1.29 is 33.5 Å². The topological polar surface area (TPSA) is 113 Å². The zero-order valence-electron chi connectivity index (χ0n) is 9.03. The van der Waals surface area contributed by atoms with Crippen LogP contribution in [-0.4, -0.2) is 40.2 Å². The molecule has 0 aliphatic rings. The fraction of sp³-hybridized carbons (Fsp3) is 0.875. The third-order valence-corrected chi connectivity index (χ3v) is 2.09. The molecule has 0 aromatic heterocycles. The second-order valence-corrected chi connectivity index (χ2v) is 4.47. The monoisotopic (exact) mass is 256 g/mol. The fourth-order valence-corrected chi connectivity index (χ4v) is 1.18. The molecule has 0 aliphatic carbocycles. The van der Waals surface area contributed by atoms with Crippen LogP contribution in [0.4, 0.5) is 0 Å². The van der Waals surface area contributed by atoms with Crippen molar-refractivity contribution in [2.24, 2.45) is 0 Å². The van der Waals surface area contributed by atoms with Gasteiger partial charge in [-0.15, -0.1) is 0 Å². The molecule has 16 heavy (non-hydrogen) atoms. The Balaban J connectivity index is 3.61. The highest BCUT2D eigenvalue weighted by atomic mass is 31.2. The highest BCUT2D eigenvalue weighted by molar-refractivity contribution is 7.46. The SMILES string of the molecule is CCCCC(=O)OCC(O)COP(=O)(O)O. The van der Waals surface area contributed by atoms with Crippen LogP contribution in [-0.2, 0) is 18.6 Å². The minimum Gasteiger partial charge on any atom is -0.463 e. The van der Waals surface area contributed by atoms with E-state index in [1.807, 2.05) is 6.92 Å². The fourth-order valence-electron chi connectivity index (χ4n) is 0.814. The molecule has 0 saturated carbocycles. The van der Waals surface area contributed by atoms with Crippen molar-refractivity contribution in [2.75, 3.05) is 13.2 Å². The molecule has 7 nitrogen and oxygen atoms in total. The Bertz CT molecular complexity index is 249. The number of hydrogen-bond donors (Lipinski definition) is 3. The molecule has 96 valence electrons. The van der Waals surface area contributed by atoms with Gasteiger partial charge < -0.3 is 19.6 Å². The van der Waals surface area contributed by atoms with E-state index in [1.54, 1.807) is 0 Å². The van der Waals surface area contributed by atoms with Crippen molar-refractivity contribution in [3.05, 3.63) is 0 Å². The van der Waals surface area contributed by atoms with Gasteiger partial charge in [0.1, 0.15) is 12.7 Å². The molecule has 0 fully saturated rings. The number of ether oxygens (including phenoxy) is 1. The van der Waals surface area contributed by atoms with E-state index in [0.29, 0.717) is 6.42 Å². The van der Waals surface area contributed by atoms with E-state index < -0.39 is 26.5 Å². The van der Waals surface area contributed by atoms with Gasteiger partial charge in [0.15, 0.2) is 0 Å². The quantitative estimate of drug-likeness (QED) is 0.419. The molecule has 0 aromatic rings. The van der Waals surface area contributed by atoms with Crippen molar-refractivity contribution >= 4 is 13.8 Å². The van der Waals surface area contributed by atoms with Crippen LogP contribution in [0.25, 0.3) is 0 Å². The second kappa shape index (κ2) is 7.76. The van der Waals surface area contributed by atoms with E-state index in [9.17, 15) is 9.36 Å². The molecule has 0 aliphatic heterocycles. The van der Waals surface area contributed by atoms with Crippen molar-refractivity contribution in [2.45, 2.75) is 32.3 Å². The summed E-state index contributed by atoms with van der Waals surface area (Å²) >= 11 is 0. The molecule has 0 saturated heterocycles. The zero-order valence-corrected chi connectivity index (χ0v) is 9.93. The molecular weight excluding hydrogens is 239 g/mol. The highest BCUT2D eigenvalue weighted by Gasteiger charge is 2.17. The summed E-state index contributed by atoms with van der Waals surface area (Å²) in [5.74, 6) is -0.447. The van der Waals surface area contributed by atoms with Crippen LogP contribution in [0, 0.1) is 0 Å². The maximum absolute atomic E-state index is 11.0. The van der Waals surface area contributed by atoms with Gasteiger partial charge in [-0.3, -0.25) is 9.32 Å². The lowest BCUT2D eigenvalue weighted by molar-refractivity contribution is -0.147. The van der Waals surface area contributed by atoms with E-state index >= 15 is 0 Å². The van der Waals surface area contributed by atoms with Crippen LogP contribution in [0.15, 0.2) is 0 Å². The highest BCUT2D eigenvalue weighted by Crippen LogP contribution is 2.35. The lowest BCUT2D eigenvalue weighted by Crippen LogP contribution is -2.23. The number of carbonyl (C=O) groups excluding carboxylic acids is 1. The number of phosphoric ester groups is 1. The van der Waals surface area contributed by atoms with Crippen molar-refractivity contribution in [3.8, 4) is 0 Å². The molecule has 0 bridgehead atoms. The third-order valence-electron chi connectivity index (χ3n) is 1.61. The van der Waals surface area contributed by atoms with Gasteiger partial charge in [0.05, 0.1) is 6.61 Å². The van der Waals surface area contributed by atoms with Gasteiger partial charge in [-0.25, -0.2) is 4.57 Å². The Morgan fingerprint density at radius 2 is 2.00 bits per heavy atom. The largest absolute Gasteiger partial charge is 0.469 e. The maximum Gasteiger partial charge on any atom is 0.469 e. The summed E-state index contributed by atoms with van der Waals surface area (Å²) in [5, 5.41) is 9.14. The standard InChI is InChI=1S/C8H17O7P/c1-2-3-4-8(10)14-5-7(9)6-15-16(11,12)13/h7,9H,2-6H2,1H3,(H2,11,12,13). The molecule has 0 amide bonds. The average molecular weight is 256 g/mol. The smallest absolute Gasteiger partial charge is 0.463 e. The first-order valence-electron chi connectivity index (χ1n) is 4.89. The molecule has 3 N–H and O–H groups in total. The molecule has 0 heterocycles. The van der Waals surface area contributed by atoms with Gasteiger partial charge in [0.25, 0.3) is 0 Å². The molecule has 8 heteroatoms. The summed E-state index contributed by atoms with van der Waals surface area (Å²) < 4.78 is 18.9. The number of aliphatic hydroxyl groups is 1. The Morgan fingerprint density at radius 1 is 1.38 bits per heavy atom. The summed E-state index contributed by atoms with van der Waals surface area (Å²) in [6.45, 7) is 1.02. The van der Waals surface area contributed by atoms with Crippen LogP contribution in [0.5, 0.6) is 0 Å². The molecule has 0 aromatic carbocycles. The molecule has 1 atom stereocenters. The summed E-state index contributed by atoms with van der Waals surface area (Å²) in [5.41, 5.74) is 0. The van der Waals surface area contributed by atoms with Crippen molar-refractivity contribution in [1.82, 2.24) is 0 Å². The number of carbonyl (C=O) groups is 1. The number of phosphoric acid groups is 1. The zero-order chi connectivity index (χ0) is 12.6. The predicted octanol–water partition coefficient (Wildman–Crippen LogP) is 0.190. The predicted molar refractivity (Wildman–Crippen MR) is 54.5 cm³/mol. The molecule has 0 radical (unpaired) electrons. The number of aliphatic hydroxyl groups excluding tert-OH is 1. The van der Waals surface area contributed by atoms with Crippen LogP contribution in [0.3, 0.4) is 0 Å². The van der Waals surface area contributed by atoms with E-state index in [1.165, 1.54) is 0 Å². The lowest BCUT2D eigenvalue weighted by Gasteiger charge is -2.12. The van der Waals surface area contributed by atoms with Gasteiger partial charge >= 0.3 is 13.8 Å². The van der Waals surface area contributed by atoms with E-state index in [0.717, 1.165) is 6.42 Å². The van der Waals surface area contributed by atoms with E-state index in [-0.39, 0.29) is 13.0 Å². The Morgan fingerprint density at radius 3 is 2.50 bits per heavy atom. The Kier molecular flexibility index (Phi) is 7.53. The number of esters is 1. The van der Waals surface area contributed by atoms with Crippen LogP contribution < -0.4 is 0 Å². The summed E-state index contributed by atoms with van der Waals surface area (Å²) in [4.78, 5) is 27.6. The van der Waals surface area contributed by atoms with E-state index in [4.69, 9.17) is 14.9 Å². The van der Waals surface area contributed by atoms with Crippen LogP contribution in [0.1, 0.15) is 26.2 Å². The Labute approximate surface area is 93.6 Å². The summed E-state index contributed by atoms with van der Waals surface area (Å²) in [6, 6.07) is 0. The van der Waals surface area contributed by atoms with Gasteiger partial charge in [0.2, 0.25) is 0 Å². The summed E-state index contributed by atoms with van der Waals surface area (Å²) in [7, 11) is -4.59. The minimum absolute atomic E-state index is 0.266. The third kappa shape index (κ3) is 10.1. The molecule has 0 rings (SSSR count). The van der Waals surface area contributed by atoms with Crippen molar-refractivity contribution in [1.29, 1.82) is 0 Å². The van der Waals surface area contributed by atoms with Gasteiger partial charge in [0, 0.05) is 6.42 Å². The summed E-state index contributed by atoms with van der Waals surface area (Å²) in [6.07, 6.45) is 0.591. The number of unbranched alkanes of at least 4 members (excludes halogenated alkanes) is 1. The first kappa shape index (κ1) is 15.5. The molecule has 0 spiro atoms. The lowest BCUT2D eigenvalue weighted by atomic mass is 10.2. The second-order valence-electron chi connectivity index (χ2n) is 3.23. The number of hydrogen-bond acceptors (Lipinski definition) is 5. The maximum atomic E-state index is 11.0. The number of rotatable bonds is 8. The van der Waals surface area contributed by atoms with Gasteiger partial charge in [-0.1, -0.05) is 13.3 Å². The first-order chi connectivity index (χ1) is 7.35. The molecule has 1 unspecified atom stereocenters.